The minimum Gasteiger partial charge on any atom is -0.258 e. The first kappa shape index (κ1) is 10.4. The Balaban J connectivity index is 2.31. The summed E-state index contributed by atoms with van der Waals surface area (Å²) < 4.78 is 3.80. The van der Waals surface area contributed by atoms with Gasteiger partial charge in [-0.15, -0.1) is 0 Å². The fraction of sp³-hybridized carbons (Fsp3) is 0.182. The maximum absolute atomic E-state index is 10.8. The van der Waals surface area contributed by atoms with Crippen molar-refractivity contribution in [1.82, 2.24) is 4.57 Å². The molecule has 2 aromatic rings. The van der Waals surface area contributed by atoms with E-state index in [4.69, 9.17) is 0 Å². The molecule has 2 rings (SSSR count). The van der Waals surface area contributed by atoms with Crippen molar-refractivity contribution < 1.29 is 9.49 Å². The fourth-order valence-corrected chi connectivity index (χ4v) is 1.61. The summed E-state index contributed by atoms with van der Waals surface area (Å²) in [7, 11) is 1.91. The Labute approximate surface area is 92.7 Å². The molecule has 0 aliphatic carbocycles. The molecule has 0 aliphatic heterocycles. The van der Waals surface area contributed by atoms with Crippen molar-refractivity contribution in [3.63, 3.8) is 0 Å². The molecule has 1 aromatic heterocycles. The van der Waals surface area contributed by atoms with Gasteiger partial charge in [-0.25, -0.2) is 9.13 Å². The zero-order chi connectivity index (χ0) is 11.5. The Bertz CT molecular complexity index is 519. The third-order valence-corrected chi connectivity index (χ3v) is 2.36. The highest BCUT2D eigenvalue weighted by Gasteiger charge is 2.14. The average molecular weight is 218 g/mol. The molecule has 0 bridgehead atoms. The smallest absolute Gasteiger partial charge is 0.258 e. The van der Waals surface area contributed by atoms with E-state index in [2.05, 4.69) is 0 Å². The first-order valence-corrected chi connectivity index (χ1v) is 4.90. The molecule has 0 fully saturated rings. The number of hydrogen-bond donors (Lipinski definition) is 0. The van der Waals surface area contributed by atoms with Crippen molar-refractivity contribution in [3.8, 4) is 0 Å². The topological polar surface area (TPSA) is 52.0 Å². The van der Waals surface area contributed by atoms with Gasteiger partial charge in [0.15, 0.2) is 0 Å². The lowest BCUT2D eigenvalue weighted by atomic mass is 10.2. The lowest BCUT2D eigenvalue weighted by Gasteiger charge is -1.99. The number of aryl methyl sites for hydroxylation is 1. The molecule has 0 aliphatic rings. The summed E-state index contributed by atoms with van der Waals surface area (Å²) in [5, 5.41) is 10.8. The maximum Gasteiger partial charge on any atom is 0.276 e. The van der Waals surface area contributed by atoms with Crippen LogP contribution in [0.15, 0.2) is 43.0 Å². The number of aromatic nitrogens is 2. The van der Waals surface area contributed by atoms with Crippen LogP contribution in [0.2, 0.25) is 0 Å². The minimum atomic E-state index is -0.348. The second-order valence-corrected chi connectivity index (χ2v) is 3.64. The summed E-state index contributed by atoms with van der Waals surface area (Å²) in [6.45, 7) is 0.512. The van der Waals surface area contributed by atoms with E-state index in [0.717, 1.165) is 0 Å². The van der Waals surface area contributed by atoms with Gasteiger partial charge in [0.25, 0.3) is 5.69 Å². The third kappa shape index (κ3) is 2.08. The second-order valence-electron chi connectivity index (χ2n) is 3.64. The molecule has 5 heteroatoms. The molecule has 0 unspecified atom stereocenters. The van der Waals surface area contributed by atoms with Crippen LogP contribution in [0.1, 0.15) is 5.56 Å². The van der Waals surface area contributed by atoms with Crippen molar-refractivity contribution in [2.75, 3.05) is 0 Å². The van der Waals surface area contributed by atoms with Crippen LogP contribution in [0.25, 0.3) is 0 Å². The number of nitro groups is 1. The zero-order valence-corrected chi connectivity index (χ0v) is 8.91. The lowest BCUT2D eigenvalue weighted by molar-refractivity contribution is -0.671. The van der Waals surface area contributed by atoms with Gasteiger partial charge in [-0.1, -0.05) is 12.1 Å². The van der Waals surface area contributed by atoms with Crippen LogP contribution in [-0.2, 0) is 13.6 Å². The number of nitro benzene ring substituents is 1. The normalized spacial score (nSPS) is 10.3. The monoisotopic (exact) mass is 218 g/mol. The summed E-state index contributed by atoms with van der Waals surface area (Å²) in [6.07, 6.45) is 5.67. The molecule has 16 heavy (non-hydrogen) atoms. The predicted molar refractivity (Wildman–Crippen MR) is 57.8 cm³/mol. The van der Waals surface area contributed by atoms with E-state index >= 15 is 0 Å². The summed E-state index contributed by atoms with van der Waals surface area (Å²) in [6, 6.07) is 6.79. The molecule has 0 atom stereocenters. The molecule has 82 valence electrons. The van der Waals surface area contributed by atoms with Crippen LogP contribution in [0, 0.1) is 10.1 Å². The number of imidazole rings is 1. The number of para-hydroxylation sites is 1. The highest BCUT2D eigenvalue weighted by molar-refractivity contribution is 5.39. The van der Waals surface area contributed by atoms with E-state index in [1.807, 2.05) is 41.0 Å². The van der Waals surface area contributed by atoms with Crippen LogP contribution in [-0.4, -0.2) is 9.49 Å². The Morgan fingerprint density at radius 1 is 1.44 bits per heavy atom. The molecule has 5 nitrogen and oxygen atoms in total. The lowest BCUT2D eigenvalue weighted by Crippen LogP contribution is -2.23. The molecule has 1 heterocycles. The van der Waals surface area contributed by atoms with Gasteiger partial charge in [0, 0.05) is 6.07 Å². The first-order chi connectivity index (χ1) is 7.66. The largest absolute Gasteiger partial charge is 0.276 e. The van der Waals surface area contributed by atoms with Crippen LogP contribution in [0.3, 0.4) is 0 Å². The van der Waals surface area contributed by atoms with Crippen molar-refractivity contribution in [3.05, 3.63) is 58.7 Å². The standard InChI is InChI=1S/C11H12N3O2/c1-12-6-7-13(9-12)8-10-4-2-3-5-11(10)14(15)16/h2-7,9H,8H2,1H3/q+1. The van der Waals surface area contributed by atoms with Crippen LogP contribution >= 0.6 is 0 Å². The van der Waals surface area contributed by atoms with Gasteiger partial charge in [0.1, 0.15) is 18.9 Å². The Morgan fingerprint density at radius 2 is 2.19 bits per heavy atom. The van der Waals surface area contributed by atoms with E-state index in [1.54, 1.807) is 12.1 Å². The minimum absolute atomic E-state index is 0.166. The third-order valence-electron chi connectivity index (χ3n) is 2.36. The molecule has 0 radical (unpaired) electrons. The number of rotatable bonds is 3. The fourth-order valence-electron chi connectivity index (χ4n) is 1.61. The molecule has 0 saturated heterocycles. The highest BCUT2D eigenvalue weighted by atomic mass is 16.6. The van der Waals surface area contributed by atoms with Gasteiger partial charge >= 0.3 is 0 Å². The van der Waals surface area contributed by atoms with Crippen LogP contribution in [0.5, 0.6) is 0 Å². The number of hydrogen-bond acceptors (Lipinski definition) is 2. The van der Waals surface area contributed by atoms with Gasteiger partial charge in [-0.3, -0.25) is 10.1 Å². The summed E-state index contributed by atoms with van der Waals surface area (Å²) >= 11 is 0. The van der Waals surface area contributed by atoms with E-state index in [9.17, 15) is 10.1 Å². The molecule has 0 N–H and O–H groups in total. The highest BCUT2D eigenvalue weighted by Crippen LogP contribution is 2.18. The van der Waals surface area contributed by atoms with Crippen molar-refractivity contribution in [2.45, 2.75) is 6.54 Å². The van der Waals surface area contributed by atoms with Gasteiger partial charge in [-0.2, -0.15) is 0 Å². The SMILES string of the molecule is C[n+]1ccn(Cc2ccccc2[N+](=O)[O-])c1. The Kier molecular flexibility index (Phi) is 2.68. The Hall–Kier alpha value is -2.17. The predicted octanol–water partition coefficient (Wildman–Crippen LogP) is 1.27. The second kappa shape index (κ2) is 4.14. The average Bonchev–Trinajstić information content (AvgIpc) is 2.64. The van der Waals surface area contributed by atoms with Gasteiger partial charge in [-0.05, 0) is 6.07 Å². The van der Waals surface area contributed by atoms with Gasteiger partial charge in [0.05, 0.1) is 17.5 Å². The van der Waals surface area contributed by atoms with Crippen LogP contribution < -0.4 is 4.57 Å². The Morgan fingerprint density at radius 3 is 2.81 bits per heavy atom. The summed E-state index contributed by atoms with van der Waals surface area (Å²) in [5.41, 5.74) is 0.877. The van der Waals surface area contributed by atoms with Crippen molar-refractivity contribution in [1.29, 1.82) is 0 Å². The van der Waals surface area contributed by atoms with E-state index < -0.39 is 0 Å². The molecular formula is C11H12N3O2+. The van der Waals surface area contributed by atoms with E-state index in [0.29, 0.717) is 12.1 Å². The molecule has 0 spiro atoms. The van der Waals surface area contributed by atoms with E-state index in [-0.39, 0.29) is 10.6 Å². The van der Waals surface area contributed by atoms with Crippen LogP contribution in [0.4, 0.5) is 5.69 Å². The summed E-state index contributed by atoms with van der Waals surface area (Å²) in [4.78, 5) is 10.5. The molecular weight excluding hydrogens is 206 g/mol. The molecule has 1 aromatic carbocycles. The zero-order valence-electron chi connectivity index (χ0n) is 8.91. The molecule has 0 saturated carbocycles. The van der Waals surface area contributed by atoms with Crippen molar-refractivity contribution >= 4 is 5.69 Å². The van der Waals surface area contributed by atoms with E-state index in [1.165, 1.54) is 6.07 Å². The first-order valence-electron chi connectivity index (χ1n) is 4.90. The van der Waals surface area contributed by atoms with Gasteiger partial charge in [0.2, 0.25) is 6.33 Å². The number of nitrogens with zero attached hydrogens (tertiary/aromatic N) is 3. The van der Waals surface area contributed by atoms with Crippen molar-refractivity contribution in [2.24, 2.45) is 7.05 Å². The summed E-state index contributed by atoms with van der Waals surface area (Å²) in [5.74, 6) is 0. The van der Waals surface area contributed by atoms with Gasteiger partial charge < -0.3 is 0 Å². The number of benzene rings is 1. The molecule has 0 amide bonds. The maximum atomic E-state index is 10.8. The quantitative estimate of drug-likeness (QED) is 0.442.